The van der Waals surface area contributed by atoms with Crippen molar-refractivity contribution in [3.05, 3.63) is 225 Å². The van der Waals surface area contributed by atoms with E-state index in [1.807, 2.05) is 42.6 Å². The van der Waals surface area contributed by atoms with Crippen LogP contribution in [0.2, 0.25) is 0 Å². The van der Waals surface area contributed by atoms with Gasteiger partial charge in [0.1, 0.15) is 5.82 Å². The molecule has 0 atom stereocenters. The van der Waals surface area contributed by atoms with Gasteiger partial charge in [-0.15, -0.1) is 30.3 Å². The van der Waals surface area contributed by atoms with Gasteiger partial charge in [0.25, 0.3) is 6.33 Å². The summed E-state index contributed by atoms with van der Waals surface area (Å²) in [7, 11) is 0. The molecule has 0 saturated heterocycles. The number of rotatable bonds is 7. The van der Waals surface area contributed by atoms with Gasteiger partial charge in [-0.25, -0.2) is 4.98 Å². The van der Waals surface area contributed by atoms with E-state index in [-0.39, 0.29) is 28.0 Å². The summed E-state index contributed by atoms with van der Waals surface area (Å²) in [5, 5.41) is 0. The number of imidazole rings is 1. The number of anilines is 4. The number of fused-ring (bicyclic) bond motifs is 9. The smallest absolute Gasteiger partial charge is 0.409 e. The number of pyridine rings is 1. The first-order valence-electron chi connectivity index (χ1n) is 20.4. The zero-order chi connectivity index (χ0) is 40.3. The Labute approximate surface area is 375 Å². The third-order valence-electron chi connectivity index (χ3n) is 11.7. The molecule has 0 saturated carbocycles. The van der Waals surface area contributed by atoms with Gasteiger partial charge in [0.15, 0.2) is 0 Å². The first-order valence-corrected chi connectivity index (χ1v) is 20.4. The zero-order valence-corrected chi connectivity index (χ0v) is 35.4. The maximum Gasteiger partial charge on any atom is 0.409 e. The molecule has 0 unspecified atom stereocenters. The molecule has 0 N–H and O–H groups in total. The monoisotopic (exact) mass is 974 g/mol. The van der Waals surface area contributed by atoms with Crippen molar-refractivity contribution in [2.75, 3.05) is 9.62 Å². The van der Waals surface area contributed by atoms with Gasteiger partial charge in [0.05, 0.1) is 16.7 Å². The quantitative estimate of drug-likeness (QED) is 0.0906. The van der Waals surface area contributed by atoms with Crippen molar-refractivity contribution in [2.45, 2.75) is 0 Å². The Bertz CT molecular complexity index is 3210. The van der Waals surface area contributed by atoms with E-state index in [0.717, 1.165) is 67.5 Å². The summed E-state index contributed by atoms with van der Waals surface area (Å²) in [4.78, 5) is 9.53. The summed E-state index contributed by atoms with van der Waals surface area (Å²) in [6, 6.07) is 76.7. The fraction of sp³-hybridized carbons (Fsp3) is 0. The van der Waals surface area contributed by atoms with Gasteiger partial charge in [-0.3, -0.25) is 4.57 Å². The predicted octanol–water partition coefficient (Wildman–Crippen LogP) is 11.5. The second-order valence-electron chi connectivity index (χ2n) is 15.2. The van der Waals surface area contributed by atoms with Crippen LogP contribution < -0.4 is 24.4 Å². The van der Waals surface area contributed by atoms with Crippen LogP contribution in [0, 0.1) is 18.5 Å². The minimum atomic E-state index is -0.156. The van der Waals surface area contributed by atoms with Crippen molar-refractivity contribution >= 4 is 46.4 Å². The van der Waals surface area contributed by atoms with Crippen LogP contribution >= 0.6 is 0 Å². The standard InChI is InChI=1S/C54H34BN5O.Pt/c1-3-17-38(18-4-1)43-25-16-26-44(39-19-5-2-6-20-39)54(43)58-37-57(49-29-11-12-30-50(49)58)40-21-15-22-41(35-40)61-42-32-33-51-52(36-42)60(53-31-13-14-34-56-53)55-47-27-9-7-23-45(47)46-24-8-10-28-48(46)59(51)55;/h1-34H;/q-2;. The number of hydrogen-bond donors (Lipinski definition) is 0. The minimum absolute atomic E-state index is 0. The molecule has 10 aromatic rings. The molecule has 0 aliphatic carbocycles. The molecule has 0 fully saturated rings. The molecule has 2 aliphatic rings. The predicted molar refractivity (Wildman–Crippen MR) is 244 cm³/mol. The molecule has 62 heavy (non-hydrogen) atoms. The molecule has 0 amide bonds. The van der Waals surface area contributed by atoms with Gasteiger partial charge in [-0.05, 0) is 57.2 Å². The van der Waals surface area contributed by atoms with Crippen LogP contribution in [0.15, 0.2) is 206 Å². The molecule has 8 aromatic carbocycles. The van der Waals surface area contributed by atoms with Gasteiger partial charge in [-0.2, -0.15) is 12.1 Å². The summed E-state index contributed by atoms with van der Waals surface area (Å²) in [5.74, 6) is 1.98. The Balaban J connectivity index is 0.00000432. The van der Waals surface area contributed by atoms with E-state index >= 15 is 0 Å². The number of nitrogens with zero attached hydrogens (tertiary/aromatic N) is 5. The van der Waals surface area contributed by atoms with Gasteiger partial charge in [-0.1, -0.05) is 163 Å². The van der Waals surface area contributed by atoms with Crippen molar-refractivity contribution in [1.82, 2.24) is 9.55 Å². The molecule has 0 radical (unpaired) electrons. The third kappa shape index (κ3) is 6.16. The van der Waals surface area contributed by atoms with E-state index in [4.69, 9.17) is 9.72 Å². The number of ether oxygens (including phenoxy) is 1. The Morgan fingerprint density at radius 3 is 1.92 bits per heavy atom. The Kier molecular flexibility index (Phi) is 9.40. The van der Waals surface area contributed by atoms with Crippen LogP contribution in [0.5, 0.6) is 11.5 Å². The minimum Gasteiger partial charge on any atom is -0.510 e. The van der Waals surface area contributed by atoms with Crippen molar-refractivity contribution < 1.29 is 30.4 Å². The summed E-state index contributed by atoms with van der Waals surface area (Å²) < 4.78 is 10.9. The van der Waals surface area contributed by atoms with Crippen LogP contribution in [-0.2, 0) is 21.1 Å². The first-order chi connectivity index (χ1) is 30.3. The van der Waals surface area contributed by atoms with Crippen LogP contribution in [0.1, 0.15) is 0 Å². The molecular formula is C54H34BN5OPt-2. The molecular weight excluding hydrogens is 941 g/mol. The number of benzene rings is 8. The molecule has 0 spiro atoms. The fourth-order valence-electron chi connectivity index (χ4n) is 9.05. The van der Waals surface area contributed by atoms with Gasteiger partial charge >= 0.3 is 6.98 Å². The van der Waals surface area contributed by atoms with E-state index in [1.165, 1.54) is 16.6 Å². The number of para-hydroxylation sites is 4. The van der Waals surface area contributed by atoms with Gasteiger partial charge in [0.2, 0.25) is 0 Å². The fourth-order valence-corrected chi connectivity index (χ4v) is 9.05. The molecule has 6 nitrogen and oxygen atoms in total. The van der Waals surface area contributed by atoms with Crippen LogP contribution in [0.25, 0.3) is 55.8 Å². The number of aromatic nitrogens is 3. The molecule has 296 valence electrons. The van der Waals surface area contributed by atoms with Crippen LogP contribution in [0.4, 0.5) is 22.9 Å². The van der Waals surface area contributed by atoms with Gasteiger partial charge < -0.3 is 18.9 Å². The van der Waals surface area contributed by atoms with Crippen LogP contribution in [0.3, 0.4) is 0 Å². The maximum atomic E-state index is 6.69. The Morgan fingerprint density at radius 1 is 0.500 bits per heavy atom. The largest absolute Gasteiger partial charge is 0.510 e. The van der Waals surface area contributed by atoms with E-state index < -0.39 is 0 Å². The second kappa shape index (κ2) is 15.5. The SMILES string of the molecule is [Pt].[c-]1c(Oc2[c-]c3c(cc2)N2B(c4ccccc4-c4ccccc42)N3c2ccccn2)cccc1-n1[c-][n+](-c2c(-c3ccccc3)cccc2-c2ccccc2)c2ccccc21. The van der Waals surface area contributed by atoms with Gasteiger partial charge in [0, 0.05) is 50.0 Å². The topological polar surface area (TPSA) is 37.4 Å². The van der Waals surface area contributed by atoms with Crippen LogP contribution in [-0.4, -0.2) is 16.5 Å². The first kappa shape index (κ1) is 37.5. The average molecular weight is 975 g/mol. The molecule has 12 rings (SSSR count). The third-order valence-corrected chi connectivity index (χ3v) is 11.7. The van der Waals surface area contributed by atoms with E-state index in [9.17, 15) is 0 Å². The Morgan fingerprint density at radius 2 is 1.15 bits per heavy atom. The Hall–Kier alpha value is -7.47. The van der Waals surface area contributed by atoms with E-state index in [2.05, 4.69) is 201 Å². The summed E-state index contributed by atoms with van der Waals surface area (Å²) >= 11 is 0. The normalized spacial score (nSPS) is 12.3. The molecule has 4 heterocycles. The zero-order valence-electron chi connectivity index (χ0n) is 33.2. The van der Waals surface area contributed by atoms with Crippen molar-refractivity contribution in [2.24, 2.45) is 0 Å². The summed E-state index contributed by atoms with van der Waals surface area (Å²) in [6.45, 7) is -0.156. The van der Waals surface area contributed by atoms with Crippen molar-refractivity contribution in [1.29, 1.82) is 0 Å². The van der Waals surface area contributed by atoms with E-state index in [0.29, 0.717) is 11.5 Å². The molecule has 8 heteroatoms. The second-order valence-corrected chi connectivity index (χ2v) is 15.2. The number of hydrogen-bond acceptors (Lipinski definition) is 4. The average Bonchev–Trinajstić information content (AvgIpc) is 3.89. The molecule has 2 aromatic heterocycles. The van der Waals surface area contributed by atoms with E-state index in [1.54, 1.807) is 0 Å². The molecule has 0 bridgehead atoms. The summed E-state index contributed by atoms with van der Waals surface area (Å²) in [6.07, 6.45) is 5.60. The molecule has 2 aliphatic heterocycles. The summed E-state index contributed by atoms with van der Waals surface area (Å²) in [5.41, 5.74) is 15.0. The van der Waals surface area contributed by atoms with Crippen molar-refractivity contribution in [3.63, 3.8) is 0 Å². The van der Waals surface area contributed by atoms with Crippen molar-refractivity contribution in [3.8, 4) is 56.3 Å². The maximum absolute atomic E-state index is 6.69.